The Hall–Kier alpha value is -3.02. The molecule has 0 radical (unpaired) electrons. The van der Waals surface area contributed by atoms with Crippen molar-refractivity contribution in [3.63, 3.8) is 0 Å². The predicted molar refractivity (Wildman–Crippen MR) is 110 cm³/mol. The van der Waals surface area contributed by atoms with E-state index in [0.29, 0.717) is 19.0 Å². The smallest absolute Gasteiger partial charge is 0.218 e. The van der Waals surface area contributed by atoms with Crippen LogP contribution in [0.2, 0.25) is 0 Å². The maximum Gasteiger partial charge on any atom is 0.218 e. The normalized spacial score (nSPS) is 11.6. The van der Waals surface area contributed by atoms with Crippen LogP contribution in [-0.4, -0.2) is 35.6 Å². The minimum atomic E-state index is 0.519. The highest BCUT2D eigenvalue weighted by molar-refractivity contribution is 5.83. The van der Waals surface area contributed by atoms with E-state index in [9.17, 15) is 0 Å². The van der Waals surface area contributed by atoms with E-state index in [1.165, 1.54) is 16.5 Å². The number of hydrogen-bond donors (Lipinski definition) is 3. The van der Waals surface area contributed by atoms with Crippen molar-refractivity contribution in [2.24, 2.45) is 4.99 Å². The highest BCUT2D eigenvalue weighted by Gasteiger charge is 2.06. The molecule has 1 aromatic carbocycles. The molecular weight excluding hydrogens is 338 g/mol. The molecule has 0 fully saturated rings. The maximum absolute atomic E-state index is 5.58. The Balaban J connectivity index is 1.61. The van der Waals surface area contributed by atoms with Crippen LogP contribution in [0, 0.1) is 0 Å². The Morgan fingerprint density at radius 2 is 2.00 bits per heavy atom. The summed E-state index contributed by atoms with van der Waals surface area (Å²) in [4.78, 5) is 12.3. The number of nitrogens with one attached hydrogen (secondary N) is 3. The third kappa shape index (κ3) is 5.00. The van der Waals surface area contributed by atoms with Crippen molar-refractivity contribution in [3.05, 3.63) is 59.9 Å². The van der Waals surface area contributed by atoms with E-state index < -0.39 is 0 Å². The fraction of sp³-hybridized carbons (Fsp3) is 0.333. The zero-order valence-corrected chi connectivity index (χ0v) is 16.0. The van der Waals surface area contributed by atoms with E-state index >= 15 is 0 Å². The van der Waals surface area contributed by atoms with E-state index in [-0.39, 0.29) is 0 Å². The highest BCUT2D eigenvalue weighted by Crippen LogP contribution is 2.18. The van der Waals surface area contributed by atoms with Gasteiger partial charge in [0.2, 0.25) is 5.88 Å². The molecule has 0 atom stereocenters. The number of H-pyrrole nitrogens is 1. The largest absolute Gasteiger partial charge is 0.478 e. The van der Waals surface area contributed by atoms with Gasteiger partial charge in [-0.3, -0.25) is 0 Å². The average molecular weight is 365 g/mol. The van der Waals surface area contributed by atoms with Gasteiger partial charge in [0, 0.05) is 41.9 Å². The Morgan fingerprint density at radius 1 is 1.11 bits per heavy atom. The van der Waals surface area contributed by atoms with Crippen molar-refractivity contribution in [1.29, 1.82) is 0 Å². The number of nitrogens with zero attached hydrogens (tertiary/aromatic N) is 2. The molecule has 27 heavy (non-hydrogen) atoms. The molecular formula is C21H27N5O. The van der Waals surface area contributed by atoms with Crippen molar-refractivity contribution in [3.8, 4) is 5.88 Å². The number of aromatic nitrogens is 2. The third-order valence-corrected chi connectivity index (χ3v) is 4.24. The van der Waals surface area contributed by atoms with Gasteiger partial charge in [-0.05, 0) is 38.0 Å². The predicted octanol–water partition coefficient (Wildman–Crippen LogP) is 3.26. The fourth-order valence-electron chi connectivity index (χ4n) is 2.97. The summed E-state index contributed by atoms with van der Waals surface area (Å²) in [5.74, 6) is 1.45. The summed E-state index contributed by atoms with van der Waals surface area (Å²) in [5.41, 5.74) is 3.46. The van der Waals surface area contributed by atoms with Gasteiger partial charge < -0.3 is 20.4 Å². The van der Waals surface area contributed by atoms with Gasteiger partial charge in [0.25, 0.3) is 0 Å². The van der Waals surface area contributed by atoms with E-state index in [1.54, 1.807) is 6.20 Å². The molecule has 0 bridgehead atoms. The number of benzene rings is 1. The van der Waals surface area contributed by atoms with Crippen LogP contribution in [0.3, 0.4) is 0 Å². The molecule has 0 aliphatic heterocycles. The lowest BCUT2D eigenvalue weighted by Crippen LogP contribution is -2.38. The molecule has 3 N–H and O–H groups in total. The number of aromatic amines is 1. The van der Waals surface area contributed by atoms with Crippen molar-refractivity contribution >= 4 is 16.9 Å². The van der Waals surface area contributed by atoms with Crippen LogP contribution in [-0.2, 0) is 13.0 Å². The highest BCUT2D eigenvalue weighted by atomic mass is 16.5. The Morgan fingerprint density at radius 3 is 2.85 bits per heavy atom. The summed E-state index contributed by atoms with van der Waals surface area (Å²) in [5, 5.41) is 7.98. The monoisotopic (exact) mass is 365 g/mol. The molecule has 3 aromatic rings. The first-order valence-electron chi connectivity index (χ1n) is 9.45. The third-order valence-electron chi connectivity index (χ3n) is 4.24. The van der Waals surface area contributed by atoms with Crippen LogP contribution >= 0.6 is 0 Å². The number of aliphatic imine (C=N–C) groups is 1. The quantitative estimate of drug-likeness (QED) is 0.423. The molecule has 0 amide bonds. The second kappa shape index (κ2) is 9.62. The summed E-state index contributed by atoms with van der Waals surface area (Å²) < 4.78 is 5.58. The van der Waals surface area contributed by atoms with E-state index in [1.807, 2.05) is 25.1 Å². The molecule has 0 spiro atoms. The van der Waals surface area contributed by atoms with Gasteiger partial charge in [-0.2, -0.15) is 0 Å². The number of fused-ring (bicyclic) bond motifs is 1. The summed E-state index contributed by atoms with van der Waals surface area (Å²) in [6.45, 7) is 6.75. The topological polar surface area (TPSA) is 74.3 Å². The van der Waals surface area contributed by atoms with Crippen LogP contribution in [0.4, 0.5) is 0 Å². The van der Waals surface area contributed by atoms with Gasteiger partial charge in [0.1, 0.15) is 0 Å². The van der Waals surface area contributed by atoms with E-state index in [0.717, 1.165) is 31.0 Å². The number of guanidine groups is 1. The summed E-state index contributed by atoms with van der Waals surface area (Å²) in [7, 11) is 0. The summed E-state index contributed by atoms with van der Waals surface area (Å²) in [6.07, 6.45) is 4.74. The lowest BCUT2D eigenvalue weighted by molar-refractivity contribution is 0.323. The number of pyridine rings is 1. The molecule has 0 aliphatic carbocycles. The lowest BCUT2D eigenvalue weighted by Gasteiger charge is -2.12. The number of ether oxygens (including phenoxy) is 1. The van der Waals surface area contributed by atoms with Crippen LogP contribution in [0.1, 0.15) is 25.0 Å². The maximum atomic E-state index is 5.58. The van der Waals surface area contributed by atoms with Gasteiger partial charge in [-0.15, -0.1) is 0 Å². The second-order valence-corrected chi connectivity index (χ2v) is 6.13. The zero-order chi connectivity index (χ0) is 18.9. The Labute approximate surface area is 160 Å². The Bertz CT molecular complexity index is 887. The second-order valence-electron chi connectivity index (χ2n) is 6.13. The minimum Gasteiger partial charge on any atom is -0.478 e. The van der Waals surface area contributed by atoms with Gasteiger partial charge in [0.15, 0.2) is 5.96 Å². The molecule has 0 saturated heterocycles. The first-order chi connectivity index (χ1) is 13.3. The van der Waals surface area contributed by atoms with Gasteiger partial charge >= 0.3 is 0 Å². The first-order valence-corrected chi connectivity index (χ1v) is 9.45. The Kier molecular flexibility index (Phi) is 6.68. The van der Waals surface area contributed by atoms with Gasteiger partial charge in [0.05, 0.1) is 13.2 Å². The average Bonchev–Trinajstić information content (AvgIpc) is 3.10. The van der Waals surface area contributed by atoms with E-state index in [4.69, 9.17) is 4.74 Å². The van der Waals surface area contributed by atoms with Gasteiger partial charge in [-0.25, -0.2) is 9.98 Å². The molecule has 0 saturated carbocycles. The van der Waals surface area contributed by atoms with Crippen molar-refractivity contribution in [1.82, 2.24) is 20.6 Å². The summed E-state index contributed by atoms with van der Waals surface area (Å²) in [6, 6.07) is 12.3. The van der Waals surface area contributed by atoms with Crippen LogP contribution in [0.25, 0.3) is 10.9 Å². The zero-order valence-electron chi connectivity index (χ0n) is 16.0. The SMILES string of the molecule is CCNC(=NCc1cccnc1OCC)NCCc1c[nH]c2ccccc12. The standard InChI is InChI=1S/C21H27N5O/c1-3-22-21(26-15-17-8-7-12-23-20(17)27-4-2)24-13-11-16-14-25-19-10-6-5-9-18(16)19/h5-10,12,14,25H,3-4,11,13,15H2,1-2H3,(H2,22,24,26). The number of para-hydroxylation sites is 1. The minimum absolute atomic E-state index is 0.519. The van der Waals surface area contributed by atoms with E-state index in [2.05, 4.69) is 56.9 Å². The summed E-state index contributed by atoms with van der Waals surface area (Å²) >= 11 is 0. The lowest BCUT2D eigenvalue weighted by atomic mass is 10.1. The molecule has 2 heterocycles. The van der Waals surface area contributed by atoms with Crippen molar-refractivity contribution in [2.45, 2.75) is 26.8 Å². The molecule has 2 aromatic heterocycles. The molecule has 0 aliphatic rings. The molecule has 6 heteroatoms. The number of rotatable bonds is 8. The first kappa shape index (κ1) is 18.8. The van der Waals surface area contributed by atoms with Crippen LogP contribution in [0.5, 0.6) is 5.88 Å². The van der Waals surface area contributed by atoms with Crippen molar-refractivity contribution in [2.75, 3.05) is 19.7 Å². The number of hydrogen-bond acceptors (Lipinski definition) is 3. The molecule has 6 nitrogen and oxygen atoms in total. The van der Waals surface area contributed by atoms with Crippen molar-refractivity contribution < 1.29 is 4.74 Å². The molecule has 3 rings (SSSR count). The molecule has 0 unspecified atom stereocenters. The van der Waals surface area contributed by atoms with Crippen LogP contribution < -0.4 is 15.4 Å². The molecule has 142 valence electrons. The van der Waals surface area contributed by atoms with Gasteiger partial charge in [-0.1, -0.05) is 24.3 Å². The van der Waals surface area contributed by atoms with Crippen LogP contribution in [0.15, 0.2) is 53.8 Å². The fourth-order valence-corrected chi connectivity index (χ4v) is 2.97.